The van der Waals surface area contributed by atoms with Crippen LogP contribution in [0.15, 0.2) is 22.7 Å². The van der Waals surface area contributed by atoms with Gasteiger partial charge in [-0.1, -0.05) is 29.8 Å². The van der Waals surface area contributed by atoms with Crippen molar-refractivity contribution in [2.24, 2.45) is 11.1 Å². The lowest BCUT2D eigenvalue weighted by atomic mass is 9.85. The van der Waals surface area contributed by atoms with Crippen LogP contribution in [0.3, 0.4) is 0 Å². The quantitative estimate of drug-likeness (QED) is 0.643. The summed E-state index contributed by atoms with van der Waals surface area (Å²) in [5.74, 6) is 0.144. The highest BCUT2D eigenvalue weighted by Crippen LogP contribution is 2.33. The number of hydrogen-bond donors (Lipinski definition) is 2. The second-order valence-corrected chi connectivity index (χ2v) is 7.00. The van der Waals surface area contributed by atoms with E-state index in [4.69, 9.17) is 11.1 Å². The summed E-state index contributed by atoms with van der Waals surface area (Å²) in [5, 5.41) is 7.73. The van der Waals surface area contributed by atoms with Gasteiger partial charge in [0.1, 0.15) is 5.84 Å². The molecule has 1 aromatic carbocycles. The second-order valence-electron chi connectivity index (χ2n) is 6.08. The van der Waals surface area contributed by atoms with Gasteiger partial charge >= 0.3 is 0 Å². The maximum atomic E-state index is 7.73. The zero-order valence-electron chi connectivity index (χ0n) is 11.7. The smallest absolute Gasteiger partial charge is 0.124 e. The minimum atomic E-state index is 0.144. The summed E-state index contributed by atoms with van der Waals surface area (Å²) in [5.41, 5.74) is 8.04. The summed E-state index contributed by atoms with van der Waals surface area (Å²) in [6.45, 7) is 6.75. The first-order valence-corrected chi connectivity index (χ1v) is 7.57. The summed E-state index contributed by atoms with van der Waals surface area (Å²) in [6, 6.07) is 5.95. The van der Waals surface area contributed by atoms with E-state index in [9.17, 15) is 0 Å². The molecule has 1 heterocycles. The zero-order chi connectivity index (χ0) is 14.0. The molecule has 104 valence electrons. The van der Waals surface area contributed by atoms with Gasteiger partial charge in [-0.15, -0.1) is 0 Å². The fraction of sp³-hybridized carbons (Fsp3) is 0.533. The Hall–Kier alpha value is -1.03. The number of amidine groups is 1. The molecule has 0 spiro atoms. The van der Waals surface area contributed by atoms with E-state index >= 15 is 0 Å². The molecule has 0 unspecified atom stereocenters. The van der Waals surface area contributed by atoms with Crippen molar-refractivity contribution in [3.63, 3.8) is 0 Å². The van der Waals surface area contributed by atoms with Gasteiger partial charge < -0.3 is 10.6 Å². The third-order valence-electron chi connectivity index (χ3n) is 3.93. The Balaban J connectivity index is 2.30. The predicted molar refractivity (Wildman–Crippen MR) is 85.0 cm³/mol. The molecule has 0 atom stereocenters. The molecule has 0 saturated carbocycles. The number of halogens is 1. The van der Waals surface area contributed by atoms with E-state index in [-0.39, 0.29) is 5.84 Å². The van der Waals surface area contributed by atoms with Crippen molar-refractivity contribution in [1.82, 2.24) is 0 Å². The van der Waals surface area contributed by atoms with Gasteiger partial charge in [0, 0.05) is 28.8 Å². The first-order chi connectivity index (χ1) is 8.89. The maximum absolute atomic E-state index is 7.73. The van der Waals surface area contributed by atoms with Crippen molar-refractivity contribution in [3.05, 3.63) is 28.2 Å². The number of nitrogens with zero attached hydrogens (tertiary/aromatic N) is 1. The lowest BCUT2D eigenvalue weighted by molar-refractivity contribution is 0.325. The molecule has 1 fully saturated rings. The van der Waals surface area contributed by atoms with Crippen molar-refractivity contribution in [3.8, 4) is 0 Å². The van der Waals surface area contributed by atoms with Gasteiger partial charge in [-0.25, -0.2) is 0 Å². The Kier molecular flexibility index (Phi) is 4.19. The fourth-order valence-electron chi connectivity index (χ4n) is 2.66. The van der Waals surface area contributed by atoms with Gasteiger partial charge in [-0.3, -0.25) is 5.41 Å². The van der Waals surface area contributed by atoms with E-state index in [0.717, 1.165) is 28.8 Å². The Morgan fingerprint density at radius 3 is 2.74 bits per heavy atom. The van der Waals surface area contributed by atoms with Crippen molar-refractivity contribution in [2.45, 2.75) is 33.1 Å². The molecule has 1 aliphatic rings. The molecule has 3 nitrogen and oxygen atoms in total. The third-order valence-corrected chi connectivity index (χ3v) is 4.42. The summed E-state index contributed by atoms with van der Waals surface area (Å²) in [6.07, 6.45) is 3.63. The summed E-state index contributed by atoms with van der Waals surface area (Å²) in [4.78, 5) is 2.37. The van der Waals surface area contributed by atoms with E-state index in [1.165, 1.54) is 19.3 Å². The van der Waals surface area contributed by atoms with Gasteiger partial charge in [0.25, 0.3) is 0 Å². The van der Waals surface area contributed by atoms with Crippen molar-refractivity contribution >= 4 is 27.5 Å². The Morgan fingerprint density at radius 2 is 2.05 bits per heavy atom. The van der Waals surface area contributed by atoms with Crippen molar-refractivity contribution < 1.29 is 0 Å². The number of benzene rings is 1. The molecule has 4 heteroatoms. The number of hydrogen-bond acceptors (Lipinski definition) is 2. The summed E-state index contributed by atoms with van der Waals surface area (Å²) >= 11 is 3.52. The number of anilines is 1. The second kappa shape index (κ2) is 5.53. The van der Waals surface area contributed by atoms with Crippen molar-refractivity contribution in [1.29, 1.82) is 5.41 Å². The highest BCUT2D eigenvalue weighted by molar-refractivity contribution is 9.10. The molecule has 0 radical (unpaired) electrons. The maximum Gasteiger partial charge on any atom is 0.124 e. The largest absolute Gasteiger partial charge is 0.384 e. The molecule has 0 amide bonds. The van der Waals surface area contributed by atoms with Gasteiger partial charge in [-0.05, 0) is 42.9 Å². The van der Waals surface area contributed by atoms with Crippen LogP contribution in [0.25, 0.3) is 0 Å². The number of nitrogens with one attached hydrogen (secondary N) is 1. The van der Waals surface area contributed by atoms with E-state index in [0.29, 0.717) is 5.41 Å². The third kappa shape index (κ3) is 3.50. The molecule has 19 heavy (non-hydrogen) atoms. The van der Waals surface area contributed by atoms with Gasteiger partial charge in [0.2, 0.25) is 0 Å². The van der Waals surface area contributed by atoms with Crippen LogP contribution in [0.5, 0.6) is 0 Å². The molecule has 1 saturated heterocycles. The standard InChI is InChI=1S/C15H22BrN3/c1-15(2)6-3-8-19(9-7-15)13-10-11(16)4-5-12(13)14(17)18/h4-5,10H,3,6-9H2,1-2H3,(H3,17,18). The Bertz CT molecular complexity index is 482. The molecule has 0 bridgehead atoms. The molecule has 1 aromatic rings. The normalized spacial score (nSPS) is 19.0. The summed E-state index contributed by atoms with van der Waals surface area (Å²) < 4.78 is 1.04. The first kappa shape index (κ1) is 14.4. The van der Waals surface area contributed by atoms with Crippen LogP contribution < -0.4 is 10.6 Å². The van der Waals surface area contributed by atoms with Gasteiger partial charge in [-0.2, -0.15) is 0 Å². The van der Waals surface area contributed by atoms with Gasteiger partial charge in [0.05, 0.1) is 0 Å². The molecule has 2 rings (SSSR count). The molecule has 1 aliphatic heterocycles. The van der Waals surface area contributed by atoms with E-state index in [1.54, 1.807) is 0 Å². The highest BCUT2D eigenvalue weighted by Gasteiger charge is 2.24. The average molecular weight is 324 g/mol. The summed E-state index contributed by atoms with van der Waals surface area (Å²) in [7, 11) is 0. The van der Waals surface area contributed by atoms with Crippen LogP contribution in [0, 0.1) is 10.8 Å². The fourth-order valence-corrected chi connectivity index (χ4v) is 3.01. The molecule has 0 aliphatic carbocycles. The molecular formula is C15H22BrN3. The molecule has 0 aromatic heterocycles. The van der Waals surface area contributed by atoms with E-state index in [2.05, 4.69) is 40.7 Å². The Morgan fingerprint density at radius 1 is 1.32 bits per heavy atom. The first-order valence-electron chi connectivity index (χ1n) is 6.78. The average Bonchev–Trinajstić information content (AvgIpc) is 2.49. The Labute approximate surface area is 123 Å². The van der Waals surface area contributed by atoms with Crippen LogP contribution in [0.1, 0.15) is 38.7 Å². The zero-order valence-corrected chi connectivity index (χ0v) is 13.3. The van der Waals surface area contributed by atoms with E-state index in [1.807, 2.05) is 12.1 Å². The minimum absolute atomic E-state index is 0.144. The van der Waals surface area contributed by atoms with Crippen LogP contribution in [0.4, 0.5) is 5.69 Å². The monoisotopic (exact) mass is 323 g/mol. The van der Waals surface area contributed by atoms with Crippen LogP contribution in [-0.2, 0) is 0 Å². The molecular weight excluding hydrogens is 302 g/mol. The van der Waals surface area contributed by atoms with Gasteiger partial charge in [0.15, 0.2) is 0 Å². The number of rotatable bonds is 2. The number of nitrogens with two attached hydrogens (primary N) is 1. The molecule has 3 N–H and O–H groups in total. The predicted octanol–water partition coefficient (Wildman–Crippen LogP) is 3.75. The van der Waals surface area contributed by atoms with E-state index < -0.39 is 0 Å². The minimum Gasteiger partial charge on any atom is -0.384 e. The number of nitrogen functional groups attached to an aromatic ring is 1. The van der Waals surface area contributed by atoms with Crippen LogP contribution in [-0.4, -0.2) is 18.9 Å². The SMILES string of the molecule is CC1(C)CCCN(c2cc(Br)ccc2C(=N)N)CC1. The topological polar surface area (TPSA) is 53.1 Å². The van der Waals surface area contributed by atoms with Crippen molar-refractivity contribution in [2.75, 3.05) is 18.0 Å². The highest BCUT2D eigenvalue weighted by atomic mass is 79.9. The lowest BCUT2D eigenvalue weighted by Crippen LogP contribution is -2.28. The lowest BCUT2D eigenvalue weighted by Gasteiger charge is -2.26. The van der Waals surface area contributed by atoms with Crippen LogP contribution in [0.2, 0.25) is 0 Å². The van der Waals surface area contributed by atoms with Crippen LogP contribution >= 0.6 is 15.9 Å².